The zero-order valence-corrected chi connectivity index (χ0v) is 18.4. The molecule has 3 atom stereocenters. The van der Waals surface area contributed by atoms with Crippen LogP contribution < -0.4 is 5.32 Å². The van der Waals surface area contributed by atoms with Crippen LogP contribution in [0.2, 0.25) is 0 Å². The minimum atomic E-state index is 0.00749. The predicted molar refractivity (Wildman–Crippen MR) is 119 cm³/mol. The van der Waals surface area contributed by atoms with Gasteiger partial charge in [0, 0.05) is 24.0 Å². The highest BCUT2D eigenvalue weighted by Gasteiger charge is 2.35. The summed E-state index contributed by atoms with van der Waals surface area (Å²) in [5, 5.41) is 4.31. The molecule has 1 aromatic heterocycles. The Morgan fingerprint density at radius 2 is 2.03 bits per heavy atom. The summed E-state index contributed by atoms with van der Waals surface area (Å²) >= 11 is 1.47. The van der Waals surface area contributed by atoms with Gasteiger partial charge in [-0.3, -0.25) is 4.79 Å². The minimum absolute atomic E-state index is 0.00749. The minimum Gasteiger partial charge on any atom is -0.346 e. The van der Waals surface area contributed by atoms with Crippen LogP contribution in [-0.2, 0) is 0 Å². The van der Waals surface area contributed by atoms with Gasteiger partial charge in [-0.15, -0.1) is 0 Å². The third-order valence-electron chi connectivity index (χ3n) is 7.53. The Kier molecular flexibility index (Phi) is 5.35. The molecule has 1 unspecified atom stereocenters. The highest BCUT2D eigenvalue weighted by Crippen LogP contribution is 2.37. The molecular formula is C23H32N4OS. The van der Waals surface area contributed by atoms with Crippen LogP contribution in [0.3, 0.4) is 0 Å². The van der Waals surface area contributed by atoms with Gasteiger partial charge in [0.25, 0.3) is 5.91 Å². The Labute approximate surface area is 177 Å². The molecule has 29 heavy (non-hydrogen) atoms. The summed E-state index contributed by atoms with van der Waals surface area (Å²) in [6.45, 7) is 3.38. The standard InChI is InChI=1S/C23H32N4OS/c1-26(2)18-5-3-4-16(12-18)17-6-7-19-21(13-17)29-25-22(19)23(28)24-20-14-27-10-8-15(20)9-11-27/h6-7,13,15-16,18,20H,3-5,8-12,14H2,1-2H3,(H,24,28)/t16?,18-,20+/m0/s1. The smallest absolute Gasteiger partial charge is 0.271 e. The van der Waals surface area contributed by atoms with Gasteiger partial charge in [-0.05, 0) is 94.3 Å². The molecule has 2 aromatic rings. The second-order valence-electron chi connectivity index (χ2n) is 9.49. The van der Waals surface area contributed by atoms with Gasteiger partial charge >= 0.3 is 0 Å². The van der Waals surface area contributed by atoms with Gasteiger partial charge < -0.3 is 15.1 Å². The molecule has 1 aliphatic carbocycles. The molecule has 6 rings (SSSR count). The molecule has 4 aliphatic rings. The Hall–Kier alpha value is -1.50. The first kappa shape index (κ1) is 19.5. The Bertz CT molecular complexity index is 886. The summed E-state index contributed by atoms with van der Waals surface area (Å²) in [6.07, 6.45) is 7.51. The fourth-order valence-electron chi connectivity index (χ4n) is 5.67. The van der Waals surface area contributed by atoms with Crippen molar-refractivity contribution < 1.29 is 4.79 Å². The zero-order chi connectivity index (χ0) is 20.0. The summed E-state index contributed by atoms with van der Waals surface area (Å²) in [4.78, 5) is 17.8. The molecule has 1 saturated carbocycles. The lowest BCUT2D eigenvalue weighted by molar-refractivity contribution is 0.0619. The molecule has 4 heterocycles. The van der Waals surface area contributed by atoms with Crippen LogP contribution in [0.4, 0.5) is 0 Å². The van der Waals surface area contributed by atoms with E-state index in [4.69, 9.17) is 0 Å². The van der Waals surface area contributed by atoms with E-state index in [-0.39, 0.29) is 11.9 Å². The van der Waals surface area contributed by atoms with E-state index in [1.54, 1.807) is 0 Å². The fourth-order valence-corrected chi connectivity index (χ4v) is 6.50. The highest BCUT2D eigenvalue weighted by molar-refractivity contribution is 7.13. The number of benzene rings is 1. The number of hydrogen-bond acceptors (Lipinski definition) is 5. The maximum absolute atomic E-state index is 13.0. The van der Waals surface area contributed by atoms with Crippen molar-refractivity contribution in [3.8, 4) is 0 Å². The molecule has 156 valence electrons. The van der Waals surface area contributed by atoms with Crippen LogP contribution in [-0.4, -0.2) is 65.9 Å². The Balaban J connectivity index is 1.32. The number of nitrogens with zero attached hydrogens (tertiary/aromatic N) is 3. The lowest BCUT2D eigenvalue weighted by Crippen LogP contribution is -2.57. The fraction of sp³-hybridized carbons (Fsp3) is 0.652. The third-order valence-corrected chi connectivity index (χ3v) is 8.34. The van der Waals surface area contributed by atoms with E-state index in [0.717, 1.165) is 16.6 Å². The molecule has 3 saturated heterocycles. The molecule has 3 aliphatic heterocycles. The SMILES string of the molecule is CN(C)[C@H]1CCCC(c2ccc3c(C(=O)N[C@@H]4CN5CCC4CC5)nsc3c2)C1. The van der Waals surface area contributed by atoms with Crippen LogP contribution in [0.1, 0.15) is 60.5 Å². The van der Waals surface area contributed by atoms with E-state index < -0.39 is 0 Å². The van der Waals surface area contributed by atoms with Crippen molar-refractivity contribution in [3.63, 3.8) is 0 Å². The highest BCUT2D eigenvalue weighted by atomic mass is 32.1. The van der Waals surface area contributed by atoms with Crippen LogP contribution in [0, 0.1) is 5.92 Å². The largest absolute Gasteiger partial charge is 0.346 e. The molecule has 1 aromatic carbocycles. The van der Waals surface area contributed by atoms with Crippen molar-refractivity contribution in [3.05, 3.63) is 29.5 Å². The van der Waals surface area contributed by atoms with Crippen LogP contribution in [0.25, 0.3) is 10.1 Å². The maximum Gasteiger partial charge on any atom is 0.271 e. The summed E-state index contributed by atoms with van der Waals surface area (Å²) in [6, 6.07) is 7.63. The lowest BCUT2D eigenvalue weighted by atomic mass is 9.81. The number of carbonyl (C=O) groups excluding carboxylic acids is 1. The van der Waals surface area contributed by atoms with Gasteiger partial charge in [0.05, 0.1) is 4.70 Å². The quantitative estimate of drug-likeness (QED) is 0.832. The average molecular weight is 413 g/mol. The van der Waals surface area contributed by atoms with E-state index in [1.165, 1.54) is 68.7 Å². The van der Waals surface area contributed by atoms with E-state index in [1.807, 2.05) is 0 Å². The van der Waals surface area contributed by atoms with E-state index in [0.29, 0.717) is 23.6 Å². The van der Waals surface area contributed by atoms with Crippen molar-refractivity contribution in [1.29, 1.82) is 0 Å². The Morgan fingerprint density at radius 1 is 1.21 bits per heavy atom. The van der Waals surface area contributed by atoms with E-state index >= 15 is 0 Å². The van der Waals surface area contributed by atoms with Gasteiger partial charge in [-0.25, -0.2) is 0 Å². The van der Waals surface area contributed by atoms with Gasteiger partial charge in [0.2, 0.25) is 0 Å². The first-order valence-electron chi connectivity index (χ1n) is 11.2. The van der Waals surface area contributed by atoms with Gasteiger partial charge in [-0.2, -0.15) is 4.37 Å². The van der Waals surface area contributed by atoms with Gasteiger partial charge in [-0.1, -0.05) is 18.6 Å². The van der Waals surface area contributed by atoms with Gasteiger partial charge in [0.15, 0.2) is 0 Å². The first-order chi connectivity index (χ1) is 14.1. The van der Waals surface area contributed by atoms with Crippen molar-refractivity contribution in [2.45, 2.75) is 56.5 Å². The number of piperidine rings is 3. The number of fused-ring (bicyclic) bond motifs is 4. The van der Waals surface area contributed by atoms with Crippen molar-refractivity contribution >= 4 is 27.5 Å². The molecule has 0 radical (unpaired) electrons. The average Bonchev–Trinajstić information content (AvgIpc) is 3.18. The topological polar surface area (TPSA) is 48.5 Å². The second-order valence-corrected chi connectivity index (χ2v) is 10.3. The number of aromatic nitrogens is 1. The van der Waals surface area contributed by atoms with Gasteiger partial charge in [0.1, 0.15) is 5.69 Å². The number of hydrogen-bond donors (Lipinski definition) is 1. The Morgan fingerprint density at radius 3 is 2.76 bits per heavy atom. The van der Waals surface area contributed by atoms with Crippen molar-refractivity contribution in [2.24, 2.45) is 5.92 Å². The van der Waals surface area contributed by atoms with Crippen LogP contribution in [0.5, 0.6) is 0 Å². The monoisotopic (exact) mass is 412 g/mol. The molecule has 4 fully saturated rings. The first-order valence-corrected chi connectivity index (χ1v) is 11.9. The number of rotatable bonds is 4. The van der Waals surface area contributed by atoms with Crippen molar-refractivity contribution in [2.75, 3.05) is 33.7 Å². The third kappa shape index (κ3) is 3.82. The molecule has 0 spiro atoms. The molecule has 2 bridgehead atoms. The number of amides is 1. The molecule has 1 amide bonds. The number of carbonyl (C=O) groups is 1. The maximum atomic E-state index is 13.0. The second kappa shape index (κ2) is 7.97. The van der Waals surface area contributed by atoms with E-state index in [2.05, 4.69) is 51.8 Å². The molecule has 1 N–H and O–H groups in total. The molecule has 6 heteroatoms. The van der Waals surface area contributed by atoms with Crippen molar-refractivity contribution in [1.82, 2.24) is 19.5 Å². The molecule has 5 nitrogen and oxygen atoms in total. The summed E-state index contributed by atoms with van der Waals surface area (Å²) in [5.74, 6) is 1.26. The van der Waals surface area contributed by atoms with E-state index in [9.17, 15) is 4.79 Å². The summed E-state index contributed by atoms with van der Waals surface area (Å²) < 4.78 is 5.71. The lowest BCUT2D eigenvalue weighted by Gasteiger charge is -2.44. The zero-order valence-electron chi connectivity index (χ0n) is 17.6. The summed E-state index contributed by atoms with van der Waals surface area (Å²) in [7, 11) is 4.39. The van der Waals surface area contributed by atoms with Crippen LogP contribution in [0.15, 0.2) is 18.2 Å². The predicted octanol–water partition coefficient (Wildman–Crippen LogP) is 3.71. The number of nitrogens with one attached hydrogen (secondary N) is 1. The van der Waals surface area contributed by atoms with Crippen LogP contribution >= 0.6 is 11.5 Å². The summed E-state index contributed by atoms with van der Waals surface area (Å²) in [5.41, 5.74) is 2.03. The molecular weight excluding hydrogens is 380 g/mol. The normalized spacial score (nSPS) is 32.0.